The standard InChI is InChI=1S/C24H42O6/c1-19-22(23(27)28)20(30-24(19)29)17-15-13-11-9-7-5-3-2-4-6-8-10-12-14-16-18-21(25)26/h19-20,22H,2-18H2,1H3,(H,25,26)(H,27,28). The van der Waals surface area contributed by atoms with Crippen molar-refractivity contribution in [1.82, 2.24) is 0 Å². The molecule has 0 aromatic carbocycles. The van der Waals surface area contributed by atoms with Crippen LogP contribution >= 0.6 is 0 Å². The molecule has 6 nitrogen and oxygen atoms in total. The second-order valence-electron chi connectivity index (χ2n) is 8.86. The van der Waals surface area contributed by atoms with Gasteiger partial charge in [-0.25, -0.2) is 0 Å². The van der Waals surface area contributed by atoms with E-state index in [1.807, 2.05) is 0 Å². The Kier molecular flexibility index (Phi) is 14.2. The Hall–Kier alpha value is -1.59. The Labute approximate surface area is 181 Å². The number of ether oxygens (including phenoxy) is 1. The highest BCUT2D eigenvalue weighted by Gasteiger charge is 2.45. The average Bonchev–Trinajstić information content (AvgIpc) is 2.97. The lowest BCUT2D eigenvalue weighted by Crippen LogP contribution is -2.27. The molecule has 6 heteroatoms. The summed E-state index contributed by atoms with van der Waals surface area (Å²) < 4.78 is 5.24. The van der Waals surface area contributed by atoms with Crippen molar-refractivity contribution >= 4 is 17.9 Å². The van der Waals surface area contributed by atoms with Crippen molar-refractivity contribution in [3.63, 3.8) is 0 Å². The van der Waals surface area contributed by atoms with Gasteiger partial charge in [0.05, 0.1) is 5.92 Å². The Morgan fingerprint density at radius 1 is 0.733 bits per heavy atom. The number of hydrogen-bond acceptors (Lipinski definition) is 4. The van der Waals surface area contributed by atoms with Crippen molar-refractivity contribution in [2.24, 2.45) is 11.8 Å². The molecule has 1 heterocycles. The quantitative estimate of drug-likeness (QED) is 0.195. The average molecular weight is 427 g/mol. The molecular weight excluding hydrogens is 384 g/mol. The molecule has 0 aliphatic carbocycles. The molecule has 3 unspecified atom stereocenters. The monoisotopic (exact) mass is 426 g/mol. The molecule has 174 valence electrons. The van der Waals surface area contributed by atoms with E-state index in [1.54, 1.807) is 6.92 Å². The number of carboxylic acids is 2. The summed E-state index contributed by atoms with van der Waals surface area (Å²) in [5.74, 6) is -3.20. The molecule has 0 radical (unpaired) electrons. The van der Waals surface area contributed by atoms with E-state index in [0.717, 1.165) is 38.5 Å². The van der Waals surface area contributed by atoms with Gasteiger partial charge in [-0.15, -0.1) is 0 Å². The first-order valence-corrected chi connectivity index (χ1v) is 12.1. The van der Waals surface area contributed by atoms with E-state index in [0.29, 0.717) is 12.8 Å². The van der Waals surface area contributed by atoms with Crippen LogP contribution in [0.2, 0.25) is 0 Å². The third kappa shape index (κ3) is 11.6. The fraction of sp³-hybridized carbons (Fsp3) is 0.875. The number of carbonyl (C=O) groups is 3. The van der Waals surface area contributed by atoms with Crippen LogP contribution in [0.4, 0.5) is 0 Å². The fourth-order valence-electron chi connectivity index (χ4n) is 4.33. The van der Waals surface area contributed by atoms with Crippen LogP contribution in [0, 0.1) is 11.8 Å². The molecule has 30 heavy (non-hydrogen) atoms. The maximum atomic E-state index is 11.6. The van der Waals surface area contributed by atoms with Crippen LogP contribution in [0.5, 0.6) is 0 Å². The van der Waals surface area contributed by atoms with Gasteiger partial charge in [0.15, 0.2) is 0 Å². The number of carbonyl (C=O) groups excluding carboxylic acids is 1. The fourth-order valence-corrected chi connectivity index (χ4v) is 4.33. The van der Waals surface area contributed by atoms with Gasteiger partial charge >= 0.3 is 17.9 Å². The third-order valence-corrected chi connectivity index (χ3v) is 6.24. The van der Waals surface area contributed by atoms with E-state index in [9.17, 15) is 19.5 Å². The summed E-state index contributed by atoms with van der Waals surface area (Å²) in [6.45, 7) is 1.65. The van der Waals surface area contributed by atoms with Gasteiger partial charge < -0.3 is 14.9 Å². The van der Waals surface area contributed by atoms with Gasteiger partial charge in [0, 0.05) is 6.42 Å². The minimum Gasteiger partial charge on any atom is -0.481 e. The van der Waals surface area contributed by atoms with E-state index in [2.05, 4.69) is 0 Å². The van der Waals surface area contributed by atoms with Crippen LogP contribution in [-0.2, 0) is 19.1 Å². The molecule has 0 spiro atoms. The number of unbranched alkanes of at least 4 members (excludes halogenated alkanes) is 14. The van der Waals surface area contributed by atoms with Crippen molar-refractivity contribution in [3.8, 4) is 0 Å². The zero-order chi connectivity index (χ0) is 22.2. The number of aliphatic carboxylic acids is 2. The maximum absolute atomic E-state index is 11.6. The summed E-state index contributed by atoms with van der Waals surface area (Å²) in [7, 11) is 0. The van der Waals surface area contributed by atoms with E-state index in [1.165, 1.54) is 57.8 Å². The van der Waals surface area contributed by atoms with Crippen LogP contribution in [0.25, 0.3) is 0 Å². The molecule has 1 saturated heterocycles. The van der Waals surface area contributed by atoms with Crippen LogP contribution in [0.1, 0.15) is 116 Å². The Balaban J connectivity index is 1.83. The normalized spacial score (nSPS) is 21.0. The first kappa shape index (κ1) is 26.4. The molecule has 2 N–H and O–H groups in total. The maximum Gasteiger partial charge on any atom is 0.311 e. The highest BCUT2D eigenvalue weighted by Crippen LogP contribution is 2.31. The van der Waals surface area contributed by atoms with Crippen LogP contribution in [-0.4, -0.2) is 34.2 Å². The number of rotatable bonds is 19. The molecule has 0 aromatic rings. The lowest BCUT2D eigenvalue weighted by Gasteiger charge is -2.15. The highest BCUT2D eigenvalue weighted by atomic mass is 16.6. The number of cyclic esters (lactones) is 1. The SMILES string of the molecule is CC1C(=O)OC(CCCCCCCCCCCCCCCCCC(=O)O)C1C(=O)O. The van der Waals surface area contributed by atoms with Gasteiger partial charge in [0.1, 0.15) is 12.0 Å². The Bertz CT molecular complexity index is 504. The Morgan fingerprint density at radius 3 is 1.53 bits per heavy atom. The lowest BCUT2D eigenvalue weighted by molar-refractivity contribution is -0.145. The van der Waals surface area contributed by atoms with Gasteiger partial charge in [0.2, 0.25) is 0 Å². The van der Waals surface area contributed by atoms with Crippen molar-refractivity contribution < 1.29 is 29.3 Å². The Morgan fingerprint density at radius 2 is 1.13 bits per heavy atom. The molecule has 0 aromatic heterocycles. The van der Waals surface area contributed by atoms with Gasteiger partial charge in [-0.05, 0) is 19.3 Å². The van der Waals surface area contributed by atoms with Crippen molar-refractivity contribution in [2.45, 2.75) is 122 Å². The number of esters is 1. The van der Waals surface area contributed by atoms with Gasteiger partial charge in [-0.2, -0.15) is 0 Å². The molecule has 1 fully saturated rings. The molecule has 1 aliphatic rings. The van der Waals surface area contributed by atoms with Gasteiger partial charge in [-0.1, -0.05) is 90.4 Å². The summed E-state index contributed by atoms with van der Waals surface area (Å²) >= 11 is 0. The van der Waals surface area contributed by atoms with Crippen LogP contribution in [0.3, 0.4) is 0 Å². The second kappa shape index (κ2) is 16.1. The first-order valence-electron chi connectivity index (χ1n) is 12.1. The summed E-state index contributed by atoms with van der Waals surface area (Å²) in [6.07, 6.45) is 18.1. The van der Waals surface area contributed by atoms with Gasteiger partial charge in [0.25, 0.3) is 0 Å². The highest BCUT2D eigenvalue weighted by molar-refractivity contribution is 5.84. The molecule has 0 bridgehead atoms. The summed E-state index contributed by atoms with van der Waals surface area (Å²) in [5, 5.41) is 17.9. The van der Waals surface area contributed by atoms with Gasteiger partial charge in [-0.3, -0.25) is 14.4 Å². The summed E-state index contributed by atoms with van der Waals surface area (Å²) in [6, 6.07) is 0. The van der Waals surface area contributed by atoms with E-state index >= 15 is 0 Å². The topological polar surface area (TPSA) is 101 Å². The molecule has 0 amide bonds. The number of hydrogen-bond donors (Lipinski definition) is 2. The smallest absolute Gasteiger partial charge is 0.311 e. The lowest BCUT2D eigenvalue weighted by atomic mass is 9.89. The summed E-state index contributed by atoms with van der Waals surface area (Å²) in [4.78, 5) is 33.3. The molecular formula is C24H42O6. The van der Waals surface area contributed by atoms with Crippen molar-refractivity contribution in [3.05, 3.63) is 0 Å². The van der Waals surface area contributed by atoms with E-state index < -0.39 is 29.9 Å². The first-order chi connectivity index (χ1) is 14.4. The predicted octanol–water partition coefficient (Wildman–Crippen LogP) is 5.97. The third-order valence-electron chi connectivity index (χ3n) is 6.24. The largest absolute Gasteiger partial charge is 0.481 e. The molecule has 1 aliphatic heterocycles. The van der Waals surface area contributed by atoms with Crippen molar-refractivity contribution in [1.29, 1.82) is 0 Å². The molecule has 0 saturated carbocycles. The van der Waals surface area contributed by atoms with Crippen LogP contribution in [0.15, 0.2) is 0 Å². The summed E-state index contributed by atoms with van der Waals surface area (Å²) in [5.41, 5.74) is 0. The minimum absolute atomic E-state index is 0.306. The zero-order valence-corrected chi connectivity index (χ0v) is 18.8. The molecule has 1 rings (SSSR count). The zero-order valence-electron chi connectivity index (χ0n) is 18.8. The van der Waals surface area contributed by atoms with E-state index in [-0.39, 0.29) is 5.97 Å². The van der Waals surface area contributed by atoms with Crippen LogP contribution < -0.4 is 0 Å². The second-order valence-corrected chi connectivity index (χ2v) is 8.86. The predicted molar refractivity (Wildman–Crippen MR) is 116 cm³/mol. The van der Waals surface area contributed by atoms with Crippen molar-refractivity contribution in [2.75, 3.05) is 0 Å². The minimum atomic E-state index is -0.922. The molecule has 3 atom stereocenters. The number of carboxylic acid groups (broad SMARTS) is 2. The van der Waals surface area contributed by atoms with E-state index in [4.69, 9.17) is 9.84 Å².